The summed E-state index contributed by atoms with van der Waals surface area (Å²) in [7, 11) is 6.28. The number of carbonyl (C=O) groups excluding carboxylic acids is 2. The van der Waals surface area contributed by atoms with Crippen LogP contribution in [0.15, 0.2) is 24.3 Å². The van der Waals surface area contributed by atoms with Crippen LogP contribution in [0, 0.1) is 0 Å². The summed E-state index contributed by atoms with van der Waals surface area (Å²) in [6, 6.07) is 7.42. The fourth-order valence-electron chi connectivity index (χ4n) is 4.08. The molecule has 30 heavy (non-hydrogen) atoms. The number of anilines is 2. The zero-order valence-electron chi connectivity index (χ0n) is 17.5. The molecule has 1 saturated heterocycles. The first-order valence-electron chi connectivity index (χ1n) is 9.87. The fraction of sp³-hybridized carbons (Fsp3) is 0.429. The highest BCUT2D eigenvalue weighted by Gasteiger charge is 2.36. The van der Waals surface area contributed by atoms with E-state index in [1.165, 1.54) is 7.11 Å². The number of fused-ring (bicyclic) bond motifs is 1. The number of hydrogen-bond acceptors (Lipinski definition) is 6. The number of ether oxygens (including phenoxy) is 1. The lowest BCUT2D eigenvalue weighted by Crippen LogP contribution is -2.33. The quantitative estimate of drug-likeness (QED) is 0.431. The number of likely N-dealkylation sites (tertiary alicyclic amines) is 1. The van der Waals surface area contributed by atoms with Gasteiger partial charge in [-0.15, -0.1) is 9.24 Å². The van der Waals surface area contributed by atoms with Crippen LogP contribution < -0.4 is 15.1 Å². The van der Waals surface area contributed by atoms with Gasteiger partial charge in [0.1, 0.15) is 12.0 Å². The molecule has 0 aliphatic carbocycles. The minimum atomic E-state index is 0.0166. The van der Waals surface area contributed by atoms with Crippen LogP contribution in [0.25, 0.3) is 0 Å². The molecule has 1 aromatic heterocycles. The molecule has 2 aliphatic heterocycles. The molecule has 0 spiro atoms. The van der Waals surface area contributed by atoms with Crippen LogP contribution in [0.4, 0.5) is 11.5 Å². The van der Waals surface area contributed by atoms with Crippen LogP contribution >= 0.6 is 9.24 Å². The average Bonchev–Trinajstić information content (AvgIpc) is 3.40. The molecule has 2 atom stereocenters. The van der Waals surface area contributed by atoms with Crippen molar-refractivity contribution in [2.45, 2.75) is 25.0 Å². The molecule has 8 nitrogen and oxygen atoms in total. The van der Waals surface area contributed by atoms with E-state index in [0.717, 1.165) is 42.9 Å². The molecule has 1 unspecified atom stereocenters. The van der Waals surface area contributed by atoms with Crippen molar-refractivity contribution in [1.29, 1.82) is 0 Å². The maximum Gasteiger partial charge on any atom is 0.270 e. The first-order valence-corrected chi connectivity index (χ1v) is 10.4. The standard InChI is InChI=1S/C21H27N4O4P/c1-21(30)6-7-24(12-21)20(27)17-9-18-19(23(17)2)25(13-29-18)16-5-4-14(11-26)15(8-16)10-22-28-3/h4-5,8-9,11,22H,6-7,10,12-13,30H2,1-3H3/t21-/m1/s1. The molecule has 3 heterocycles. The van der Waals surface area contributed by atoms with E-state index in [1.54, 1.807) is 6.07 Å². The van der Waals surface area contributed by atoms with E-state index in [2.05, 4.69) is 21.6 Å². The molecule has 1 amide bonds. The van der Waals surface area contributed by atoms with Crippen molar-refractivity contribution in [3.8, 4) is 5.75 Å². The van der Waals surface area contributed by atoms with Crippen molar-refractivity contribution in [3.05, 3.63) is 41.1 Å². The maximum absolute atomic E-state index is 13.1. The molecular weight excluding hydrogens is 403 g/mol. The third-order valence-electron chi connectivity index (χ3n) is 5.76. The first-order chi connectivity index (χ1) is 14.3. The highest BCUT2D eigenvalue weighted by Crippen LogP contribution is 2.42. The second-order valence-electron chi connectivity index (χ2n) is 8.13. The third kappa shape index (κ3) is 3.71. The Morgan fingerprint density at radius 2 is 2.20 bits per heavy atom. The highest BCUT2D eigenvalue weighted by atomic mass is 31.0. The van der Waals surface area contributed by atoms with Crippen LogP contribution in [0.2, 0.25) is 0 Å². The number of rotatable bonds is 6. The summed E-state index contributed by atoms with van der Waals surface area (Å²) in [6.45, 7) is 4.37. The minimum Gasteiger partial charge on any atom is -0.469 e. The summed E-state index contributed by atoms with van der Waals surface area (Å²) < 4.78 is 7.77. The number of nitrogens with one attached hydrogen (secondary N) is 1. The van der Waals surface area contributed by atoms with Gasteiger partial charge in [0.05, 0.1) is 7.11 Å². The molecule has 1 fully saturated rings. The van der Waals surface area contributed by atoms with E-state index >= 15 is 0 Å². The number of amides is 1. The number of hydrogen-bond donors (Lipinski definition) is 1. The Morgan fingerprint density at radius 1 is 1.40 bits per heavy atom. The number of hydroxylamine groups is 1. The average molecular weight is 430 g/mol. The van der Waals surface area contributed by atoms with Crippen molar-refractivity contribution < 1.29 is 19.2 Å². The summed E-state index contributed by atoms with van der Waals surface area (Å²) in [4.78, 5) is 33.3. The van der Waals surface area contributed by atoms with Crippen molar-refractivity contribution in [2.75, 3.05) is 31.8 Å². The lowest BCUT2D eigenvalue weighted by molar-refractivity contribution is 0.0780. The molecule has 9 heteroatoms. The Morgan fingerprint density at radius 3 is 2.87 bits per heavy atom. The van der Waals surface area contributed by atoms with Crippen LogP contribution in [-0.4, -0.2) is 53.7 Å². The Labute approximate surface area is 178 Å². The molecule has 0 bridgehead atoms. The Bertz CT molecular complexity index is 988. The van der Waals surface area contributed by atoms with Crippen LogP contribution in [0.5, 0.6) is 5.75 Å². The Kier molecular flexibility index (Phi) is 5.57. The monoisotopic (exact) mass is 430 g/mol. The van der Waals surface area contributed by atoms with Gasteiger partial charge in [0.25, 0.3) is 5.91 Å². The third-order valence-corrected chi connectivity index (χ3v) is 6.23. The largest absolute Gasteiger partial charge is 0.469 e. The molecule has 0 radical (unpaired) electrons. The number of nitrogens with zero attached hydrogens (tertiary/aromatic N) is 3. The van der Waals surface area contributed by atoms with Crippen molar-refractivity contribution in [3.63, 3.8) is 0 Å². The molecule has 1 N–H and O–H groups in total. The number of carbonyl (C=O) groups is 2. The normalized spacial score (nSPS) is 20.4. The van der Waals surface area contributed by atoms with Gasteiger partial charge in [0.2, 0.25) is 0 Å². The van der Waals surface area contributed by atoms with Gasteiger partial charge >= 0.3 is 0 Å². The summed E-state index contributed by atoms with van der Waals surface area (Å²) in [5.74, 6) is 1.53. The molecular formula is C21H27N4O4P. The molecule has 0 saturated carbocycles. The maximum atomic E-state index is 13.1. The minimum absolute atomic E-state index is 0.0166. The van der Waals surface area contributed by atoms with E-state index in [1.807, 2.05) is 39.6 Å². The molecule has 2 aromatic rings. The predicted octanol–water partition coefficient (Wildman–Crippen LogP) is 2.46. The SMILES string of the molecule is CONCc1cc(N2COc3cc(C(=O)N4CC[C@@](C)(P)C4)n(C)c32)ccc1C=O. The highest BCUT2D eigenvalue weighted by molar-refractivity contribution is 7.19. The van der Waals surface area contributed by atoms with Gasteiger partial charge in [-0.25, -0.2) is 0 Å². The molecule has 1 aromatic carbocycles. The van der Waals surface area contributed by atoms with Crippen molar-refractivity contribution in [1.82, 2.24) is 14.9 Å². The summed E-state index contributed by atoms with van der Waals surface area (Å²) in [5.41, 5.74) is 5.69. The summed E-state index contributed by atoms with van der Waals surface area (Å²) in [5, 5.41) is 0.0685. The van der Waals surface area contributed by atoms with Crippen molar-refractivity contribution >= 4 is 32.9 Å². The summed E-state index contributed by atoms with van der Waals surface area (Å²) in [6.07, 6.45) is 1.80. The second-order valence-corrected chi connectivity index (χ2v) is 9.53. The second kappa shape index (κ2) is 8.02. The number of benzene rings is 1. The predicted molar refractivity (Wildman–Crippen MR) is 117 cm³/mol. The molecule has 160 valence electrons. The van der Waals surface area contributed by atoms with Gasteiger partial charge in [-0.05, 0) is 30.2 Å². The molecule has 4 rings (SSSR count). The zero-order valence-corrected chi connectivity index (χ0v) is 18.6. The van der Waals surface area contributed by atoms with Gasteiger partial charge in [0.15, 0.2) is 18.3 Å². The van der Waals surface area contributed by atoms with Crippen LogP contribution in [0.1, 0.15) is 39.8 Å². The van der Waals surface area contributed by atoms with Gasteiger partial charge < -0.3 is 19.0 Å². The van der Waals surface area contributed by atoms with Crippen molar-refractivity contribution in [2.24, 2.45) is 7.05 Å². The van der Waals surface area contributed by atoms with Crippen LogP contribution in [0.3, 0.4) is 0 Å². The Balaban J connectivity index is 1.64. The van der Waals surface area contributed by atoms with E-state index in [9.17, 15) is 9.59 Å². The zero-order chi connectivity index (χ0) is 21.5. The smallest absolute Gasteiger partial charge is 0.270 e. The Hall–Kier alpha value is -2.41. The topological polar surface area (TPSA) is 76.0 Å². The van der Waals surface area contributed by atoms with Gasteiger partial charge in [0, 0.05) is 49.2 Å². The van der Waals surface area contributed by atoms with Gasteiger partial charge in [-0.1, -0.05) is 6.92 Å². The van der Waals surface area contributed by atoms with Gasteiger partial charge in [-0.3, -0.25) is 14.5 Å². The van der Waals surface area contributed by atoms with E-state index in [4.69, 9.17) is 9.57 Å². The van der Waals surface area contributed by atoms with E-state index < -0.39 is 0 Å². The first kappa shape index (κ1) is 20.8. The lowest BCUT2D eigenvalue weighted by Gasteiger charge is -2.22. The summed E-state index contributed by atoms with van der Waals surface area (Å²) >= 11 is 0. The lowest BCUT2D eigenvalue weighted by atomic mass is 10.1. The number of aromatic nitrogens is 1. The fourth-order valence-corrected chi connectivity index (χ4v) is 4.43. The molecule has 2 aliphatic rings. The van der Waals surface area contributed by atoms with E-state index in [-0.39, 0.29) is 11.1 Å². The van der Waals surface area contributed by atoms with E-state index in [0.29, 0.717) is 30.3 Å². The van der Waals surface area contributed by atoms with Crippen LogP contribution in [-0.2, 0) is 18.4 Å². The number of aldehydes is 1. The van der Waals surface area contributed by atoms with Gasteiger partial charge in [-0.2, -0.15) is 5.48 Å².